The number of hydrogen-bond acceptors (Lipinski definition) is 3. The van der Waals surface area contributed by atoms with E-state index in [4.69, 9.17) is 0 Å². The molecule has 1 atom stereocenters. The SMILES string of the molecule is CCC(C)N(CC)c1cccc(F)c1[N+](=O)[O-]. The van der Waals surface area contributed by atoms with Gasteiger partial charge in [0.1, 0.15) is 5.69 Å². The van der Waals surface area contributed by atoms with Crippen LogP contribution in [0.15, 0.2) is 18.2 Å². The molecule has 0 bridgehead atoms. The van der Waals surface area contributed by atoms with E-state index in [9.17, 15) is 14.5 Å². The number of anilines is 1. The third-order valence-electron chi connectivity index (χ3n) is 2.92. The summed E-state index contributed by atoms with van der Waals surface area (Å²) in [7, 11) is 0. The van der Waals surface area contributed by atoms with Crippen LogP contribution in [0.25, 0.3) is 0 Å². The smallest absolute Gasteiger partial charge is 0.327 e. The Morgan fingerprint density at radius 2 is 2.12 bits per heavy atom. The lowest BCUT2D eigenvalue weighted by atomic mass is 10.1. The number of halogens is 1. The largest absolute Gasteiger partial charge is 0.363 e. The number of benzene rings is 1. The first kappa shape index (κ1) is 13.4. The summed E-state index contributed by atoms with van der Waals surface area (Å²) in [6.45, 7) is 6.48. The van der Waals surface area contributed by atoms with Gasteiger partial charge in [0.05, 0.1) is 4.92 Å². The molecule has 0 aromatic heterocycles. The Kier molecular flexibility index (Phi) is 4.43. The zero-order valence-electron chi connectivity index (χ0n) is 10.3. The number of hydrogen-bond donors (Lipinski definition) is 0. The summed E-state index contributed by atoms with van der Waals surface area (Å²) in [5.74, 6) is -0.783. The average Bonchev–Trinajstić information content (AvgIpc) is 2.29. The van der Waals surface area contributed by atoms with Crippen molar-refractivity contribution in [3.63, 3.8) is 0 Å². The monoisotopic (exact) mass is 240 g/mol. The highest BCUT2D eigenvalue weighted by Crippen LogP contribution is 2.32. The van der Waals surface area contributed by atoms with E-state index >= 15 is 0 Å². The molecule has 1 unspecified atom stereocenters. The molecule has 0 aliphatic carbocycles. The number of nitro groups is 1. The molecule has 0 saturated heterocycles. The fraction of sp³-hybridized carbons (Fsp3) is 0.500. The maximum absolute atomic E-state index is 13.5. The molecule has 0 N–H and O–H groups in total. The molecule has 0 aliphatic rings. The summed E-state index contributed by atoms with van der Waals surface area (Å²) in [5, 5.41) is 10.9. The summed E-state index contributed by atoms with van der Waals surface area (Å²) in [5.41, 5.74) is -0.0819. The fourth-order valence-electron chi connectivity index (χ4n) is 1.86. The Hall–Kier alpha value is -1.65. The minimum absolute atomic E-state index is 0.139. The maximum Gasteiger partial charge on any atom is 0.327 e. The van der Waals surface area contributed by atoms with E-state index in [1.807, 2.05) is 25.7 Å². The molecule has 0 saturated carbocycles. The van der Waals surface area contributed by atoms with Gasteiger partial charge in [0, 0.05) is 12.6 Å². The molecule has 0 radical (unpaired) electrons. The minimum Gasteiger partial charge on any atom is -0.363 e. The molecule has 0 aliphatic heterocycles. The lowest BCUT2D eigenvalue weighted by Crippen LogP contribution is -2.32. The number of nitro benzene ring substituents is 1. The molecular weight excluding hydrogens is 223 g/mol. The van der Waals surface area contributed by atoms with Gasteiger partial charge in [0.15, 0.2) is 0 Å². The Bertz CT molecular complexity index is 409. The predicted molar refractivity (Wildman–Crippen MR) is 65.8 cm³/mol. The van der Waals surface area contributed by atoms with E-state index in [1.165, 1.54) is 6.07 Å². The van der Waals surface area contributed by atoms with Gasteiger partial charge in [-0.15, -0.1) is 0 Å². The van der Waals surface area contributed by atoms with Crippen LogP contribution in [0.3, 0.4) is 0 Å². The zero-order valence-corrected chi connectivity index (χ0v) is 10.3. The highest BCUT2D eigenvalue weighted by molar-refractivity contribution is 5.64. The van der Waals surface area contributed by atoms with Crippen LogP contribution in [0, 0.1) is 15.9 Å². The van der Waals surface area contributed by atoms with Crippen LogP contribution < -0.4 is 4.90 Å². The molecule has 1 aromatic carbocycles. The van der Waals surface area contributed by atoms with Crippen molar-refractivity contribution in [3.8, 4) is 0 Å². The lowest BCUT2D eigenvalue weighted by Gasteiger charge is -2.29. The first-order chi connectivity index (χ1) is 8.02. The van der Waals surface area contributed by atoms with E-state index in [1.54, 1.807) is 6.07 Å². The molecule has 1 rings (SSSR count). The molecule has 0 heterocycles. The van der Waals surface area contributed by atoms with Gasteiger partial charge in [-0.25, -0.2) is 0 Å². The molecule has 0 amide bonds. The van der Waals surface area contributed by atoms with Crippen LogP contribution in [-0.4, -0.2) is 17.5 Å². The Morgan fingerprint density at radius 3 is 2.59 bits per heavy atom. The van der Waals surface area contributed by atoms with Crippen LogP contribution in [0.1, 0.15) is 27.2 Å². The third-order valence-corrected chi connectivity index (χ3v) is 2.92. The molecule has 0 fully saturated rings. The van der Waals surface area contributed by atoms with Gasteiger partial charge in [-0.3, -0.25) is 10.1 Å². The summed E-state index contributed by atoms with van der Waals surface area (Å²) in [6.07, 6.45) is 0.849. The van der Waals surface area contributed by atoms with Crippen molar-refractivity contribution in [1.82, 2.24) is 0 Å². The Labute approximate surface area is 100 Å². The molecule has 1 aromatic rings. The Balaban J connectivity index is 3.28. The van der Waals surface area contributed by atoms with Gasteiger partial charge in [0.2, 0.25) is 5.82 Å². The number of rotatable bonds is 5. The first-order valence-corrected chi connectivity index (χ1v) is 5.72. The van der Waals surface area contributed by atoms with Crippen molar-refractivity contribution in [1.29, 1.82) is 0 Å². The van der Waals surface area contributed by atoms with Gasteiger partial charge in [0.25, 0.3) is 0 Å². The summed E-state index contributed by atoms with van der Waals surface area (Å²) in [4.78, 5) is 12.1. The fourth-order valence-corrected chi connectivity index (χ4v) is 1.86. The highest BCUT2D eigenvalue weighted by Gasteiger charge is 2.25. The molecule has 17 heavy (non-hydrogen) atoms. The van der Waals surface area contributed by atoms with Crippen LogP contribution >= 0.6 is 0 Å². The van der Waals surface area contributed by atoms with Crippen molar-refractivity contribution in [2.75, 3.05) is 11.4 Å². The zero-order chi connectivity index (χ0) is 13.0. The van der Waals surface area contributed by atoms with Crippen molar-refractivity contribution >= 4 is 11.4 Å². The quantitative estimate of drug-likeness (QED) is 0.585. The normalized spacial score (nSPS) is 12.2. The molecular formula is C12H17FN2O2. The number of para-hydroxylation sites is 1. The predicted octanol–water partition coefficient (Wildman–Crippen LogP) is 3.36. The lowest BCUT2D eigenvalue weighted by molar-refractivity contribution is -0.386. The second kappa shape index (κ2) is 5.61. The number of nitrogens with zero attached hydrogens (tertiary/aromatic N) is 2. The molecule has 5 heteroatoms. The van der Waals surface area contributed by atoms with Crippen LogP contribution in [0.4, 0.5) is 15.8 Å². The average molecular weight is 240 g/mol. The van der Waals surface area contributed by atoms with Crippen LogP contribution in [0.5, 0.6) is 0 Å². The van der Waals surface area contributed by atoms with Crippen LogP contribution in [0.2, 0.25) is 0 Å². The van der Waals surface area contributed by atoms with Gasteiger partial charge in [-0.2, -0.15) is 4.39 Å². The molecule has 94 valence electrons. The van der Waals surface area contributed by atoms with Crippen molar-refractivity contribution < 1.29 is 9.31 Å². The van der Waals surface area contributed by atoms with Crippen molar-refractivity contribution in [3.05, 3.63) is 34.1 Å². The van der Waals surface area contributed by atoms with E-state index in [2.05, 4.69) is 0 Å². The van der Waals surface area contributed by atoms with Gasteiger partial charge < -0.3 is 4.90 Å². The van der Waals surface area contributed by atoms with Crippen molar-refractivity contribution in [2.24, 2.45) is 0 Å². The van der Waals surface area contributed by atoms with Gasteiger partial charge in [-0.05, 0) is 32.4 Å². The topological polar surface area (TPSA) is 46.4 Å². The standard InChI is InChI=1S/C12H17FN2O2/c1-4-9(3)14(5-2)11-8-6-7-10(13)12(11)15(16)17/h6-9H,4-5H2,1-3H3. The maximum atomic E-state index is 13.5. The third kappa shape index (κ3) is 2.72. The minimum atomic E-state index is -0.783. The summed E-state index contributed by atoms with van der Waals surface area (Å²) < 4.78 is 13.5. The first-order valence-electron chi connectivity index (χ1n) is 5.72. The van der Waals surface area contributed by atoms with E-state index in [-0.39, 0.29) is 6.04 Å². The molecule has 4 nitrogen and oxygen atoms in total. The second-order valence-electron chi connectivity index (χ2n) is 3.91. The van der Waals surface area contributed by atoms with Gasteiger partial charge >= 0.3 is 5.69 Å². The van der Waals surface area contributed by atoms with Crippen LogP contribution in [-0.2, 0) is 0 Å². The summed E-state index contributed by atoms with van der Waals surface area (Å²) >= 11 is 0. The summed E-state index contributed by atoms with van der Waals surface area (Å²) in [6, 6.07) is 4.35. The van der Waals surface area contributed by atoms with E-state index < -0.39 is 16.4 Å². The highest BCUT2D eigenvalue weighted by atomic mass is 19.1. The van der Waals surface area contributed by atoms with E-state index in [0.29, 0.717) is 12.2 Å². The second-order valence-corrected chi connectivity index (χ2v) is 3.91. The van der Waals surface area contributed by atoms with Crippen molar-refractivity contribution in [2.45, 2.75) is 33.2 Å². The Morgan fingerprint density at radius 1 is 1.47 bits per heavy atom. The molecule has 0 spiro atoms. The van der Waals surface area contributed by atoms with Gasteiger partial charge in [-0.1, -0.05) is 13.0 Å². The van der Waals surface area contributed by atoms with E-state index in [0.717, 1.165) is 12.5 Å².